The van der Waals surface area contributed by atoms with Crippen LogP contribution in [-0.4, -0.2) is 47.3 Å². The Hall–Kier alpha value is -1.89. The predicted molar refractivity (Wildman–Crippen MR) is 79.9 cm³/mol. The standard InChI is InChI=1S/C13H17ClN6O/c1-19(2)13-17-12(21-18-13)9-3-5-20(6-4-9)11-10(14)7-15-8-16-11/h7-9H,3-6H2,1-2H3. The zero-order chi connectivity index (χ0) is 14.8. The molecule has 0 bridgehead atoms. The van der Waals surface area contributed by atoms with Gasteiger partial charge < -0.3 is 14.3 Å². The molecule has 1 aliphatic rings. The fraction of sp³-hybridized carbons (Fsp3) is 0.538. The van der Waals surface area contributed by atoms with Crippen LogP contribution in [0.3, 0.4) is 0 Å². The maximum Gasteiger partial charge on any atom is 0.265 e. The molecule has 2 aromatic heterocycles. The minimum absolute atomic E-state index is 0.295. The predicted octanol–water partition coefficient (Wildman–Crippen LogP) is 1.96. The van der Waals surface area contributed by atoms with E-state index in [2.05, 4.69) is 25.0 Å². The van der Waals surface area contributed by atoms with Crippen molar-refractivity contribution in [1.82, 2.24) is 20.1 Å². The monoisotopic (exact) mass is 308 g/mol. The van der Waals surface area contributed by atoms with Crippen LogP contribution in [0, 0.1) is 0 Å². The van der Waals surface area contributed by atoms with Gasteiger partial charge in [0, 0.05) is 33.1 Å². The maximum absolute atomic E-state index is 6.14. The van der Waals surface area contributed by atoms with Crippen molar-refractivity contribution in [3.8, 4) is 0 Å². The molecular weight excluding hydrogens is 292 g/mol. The number of hydrogen-bond donors (Lipinski definition) is 0. The van der Waals surface area contributed by atoms with Crippen molar-refractivity contribution in [3.63, 3.8) is 0 Å². The van der Waals surface area contributed by atoms with Crippen LogP contribution in [-0.2, 0) is 0 Å². The maximum atomic E-state index is 6.14. The van der Waals surface area contributed by atoms with Crippen molar-refractivity contribution >= 4 is 23.4 Å². The summed E-state index contributed by atoms with van der Waals surface area (Å²) in [5, 5.41) is 4.55. The first-order valence-electron chi connectivity index (χ1n) is 6.86. The highest BCUT2D eigenvalue weighted by molar-refractivity contribution is 6.32. The lowest BCUT2D eigenvalue weighted by molar-refractivity contribution is 0.329. The number of halogens is 1. The second-order valence-corrected chi connectivity index (χ2v) is 5.69. The van der Waals surface area contributed by atoms with E-state index in [1.807, 2.05) is 19.0 Å². The van der Waals surface area contributed by atoms with Gasteiger partial charge in [-0.3, -0.25) is 0 Å². The number of hydrogen-bond acceptors (Lipinski definition) is 7. The Balaban J connectivity index is 1.66. The van der Waals surface area contributed by atoms with E-state index in [9.17, 15) is 0 Å². The molecule has 1 fully saturated rings. The molecule has 0 aromatic carbocycles. The fourth-order valence-electron chi connectivity index (χ4n) is 2.45. The molecule has 1 aliphatic heterocycles. The Morgan fingerprint density at radius 2 is 2.10 bits per heavy atom. The lowest BCUT2D eigenvalue weighted by atomic mass is 9.97. The van der Waals surface area contributed by atoms with Crippen LogP contribution in [0.2, 0.25) is 5.02 Å². The van der Waals surface area contributed by atoms with Gasteiger partial charge in [-0.2, -0.15) is 4.98 Å². The molecule has 21 heavy (non-hydrogen) atoms. The summed E-state index contributed by atoms with van der Waals surface area (Å²) in [5.41, 5.74) is 0. The van der Waals surface area contributed by atoms with Crippen LogP contribution in [0.15, 0.2) is 17.0 Å². The van der Waals surface area contributed by atoms with E-state index in [1.165, 1.54) is 6.33 Å². The number of piperidine rings is 1. The second kappa shape index (κ2) is 5.85. The van der Waals surface area contributed by atoms with E-state index >= 15 is 0 Å². The summed E-state index contributed by atoms with van der Waals surface area (Å²) in [6.45, 7) is 1.72. The Morgan fingerprint density at radius 1 is 1.33 bits per heavy atom. The third kappa shape index (κ3) is 2.92. The first-order valence-corrected chi connectivity index (χ1v) is 7.24. The summed E-state index contributed by atoms with van der Waals surface area (Å²) in [6.07, 6.45) is 5.02. The average molecular weight is 309 g/mol. The minimum atomic E-state index is 0.295. The van der Waals surface area contributed by atoms with Crippen molar-refractivity contribution in [2.24, 2.45) is 0 Å². The fourth-order valence-corrected chi connectivity index (χ4v) is 2.68. The summed E-state index contributed by atoms with van der Waals surface area (Å²) in [5.74, 6) is 2.42. The Labute approximate surface area is 127 Å². The second-order valence-electron chi connectivity index (χ2n) is 5.28. The molecule has 0 N–H and O–H groups in total. The van der Waals surface area contributed by atoms with Crippen LogP contribution in [0.5, 0.6) is 0 Å². The first-order chi connectivity index (χ1) is 10.1. The summed E-state index contributed by atoms with van der Waals surface area (Å²) in [6, 6.07) is 0. The molecule has 3 rings (SSSR count). The molecule has 1 saturated heterocycles. The number of rotatable bonds is 3. The number of anilines is 2. The van der Waals surface area contributed by atoms with Crippen LogP contribution >= 0.6 is 11.6 Å². The van der Waals surface area contributed by atoms with Gasteiger partial charge in [-0.15, -0.1) is 0 Å². The Bertz CT molecular complexity index is 608. The van der Waals surface area contributed by atoms with E-state index in [4.69, 9.17) is 16.1 Å². The average Bonchev–Trinajstić information content (AvgIpc) is 2.98. The molecule has 2 aromatic rings. The molecule has 0 amide bonds. The Kier molecular flexibility index (Phi) is 3.92. The molecule has 0 aliphatic carbocycles. The quantitative estimate of drug-likeness (QED) is 0.858. The van der Waals surface area contributed by atoms with Gasteiger partial charge in [-0.25, -0.2) is 9.97 Å². The van der Waals surface area contributed by atoms with Gasteiger partial charge in [0.15, 0.2) is 5.82 Å². The molecule has 0 atom stereocenters. The molecule has 0 radical (unpaired) electrons. The topological polar surface area (TPSA) is 71.2 Å². The summed E-state index contributed by atoms with van der Waals surface area (Å²) in [7, 11) is 3.79. The number of aromatic nitrogens is 4. The first kappa shape index (κ1) is 14.1. The van der Waals surface area contributed by atoms with E-state index in [0.717, 1.165) is 31.7 Å². The normalized spacial score (nSPS) is 16.2. The van der Waals surface area contributed by atoms with Crippen molar-refractivity contribution in [1.29, 1.82) is 0 Å². The minimum Gasteiger partial charge on any atom is -0.355 e. The highest BCUT2D eigenvalue weighted by atomic mass is 35.5. The van der Waals surface area contributed by atoms with E-state index in [-0.39, 0.29) is 0 Å². The van der Waals surface area contributed by atoms with Crippen LogP contribution in [0.1, 0.15) is 24.7 Å². The Morgan fingerprint density at radius 3 is 2.71 bits per heavy atom. The third-order valence-corrected chi connectivity index (χ3v) is 3.89. The van der Waals surface area contributed by atoms with Gasteiger partial charge in [-0.1, -0.05) is 11.6 Å². The van der Waals surface area contributed by atoms with Crippen molar-refractivity contribution in [2.75, 3.05) is 37.0 Å². The zero-order valence-corrected chi connectivity index (χ0v) is 12.8. The van der Waals surface area contributed by atoms with Gasteiger partial charge in [0.2, 0.25) is 5.89 Å². The van der Waals surface area contributed by atoms with Crippen molar-refractivity contribution in [2.45, 2.75) is 18.8 Å². The highest BCUT2D eigenvalue weighted by Crippen LogP contribution is 2.31. The summed E-state index contributed by atoms with van der Waals surface area (Å²) >= 11 is 6.14. The smallest absolute Gasteiger partial charge is 0.265 e. The SMILES string of the molecule is CN(C)c1noc(C2CCN(c3ncncc3Cl)CC2)n1. The molecule has 3 heterocycles. The molecule has 112 valence electrons. The summed E-state index contributed by atoms with van der Waals surface area (Å²) in [4.78, 5) is 16.6. The van der Waals surface area contributed by atoms with E-state index < -0.39 is 0 Å². The van der Waals surface area contributed by atoms with Crippen LogP contribution in [0.25, 0.3) is 0 Å². The number of nitrogens with zero attached hydrogens (tertiary/aromatic N) is 6. The van der Waals surface area contributed by atoms with Crippen LogP contribution in [0.4, 0.5) is 11.8 Å². The van der Waals surface area contributed by atoms with E-state index in [0.29, 0.717) is 22.8 Å². The van der Waals surface area contributed by atoms with E-state index in [1.54, 1.807) is 6.20 Å². The molecule has 7 nitrogen and oxygen atoms in total. The lowest BCUT2D eigenvalue weighted by Gasteiger charge is -2.31. The largest absolute Gasteiger partial charge is 0.355 e. The molecule has 0 unspecified atom stereocenters. The highest BCUT2D eigenvalue weighted by Gasteiger charge is 2.26. The van der Waals surface area contributed by atoms with Crippen molar-refractivity contribution < 1.29 is 4.52 Å². The van der Waals surface area contributed by atoms with Gasteiger partial charge in [0.05, 0.1) is 6.20 Å². The van der Waals surface area contributed by atoms with Gasteiger partial charge >= 0.3 is 0 Å². The zero-order valence-electron chi connectivity index (χ0n) is 12.0. The molecule has 0 spiro atoms. The molecule has 0 saturated carbocycles. The van der Waals surface area contributed by atoms with Gasteiger partial charge in [-0.05, 0) is 18.0 Å². The summed E-state index contributed by atoms with van der Waals surface area (Å²) < 4.78 is 5.36. The van der Waals surface area contributed by atoms with Gasteiger partial charge in [0.25, 0.3) is 5.95 Å². The van der Waals surface area contributed by atoms with Crippen LogP contribution < -0.4 is 9.80 Å². The molecular formula is C13H17ClN6O. The molecule has 8 heteroatoms. The van der Waals surface area contributed by atoms with Crippen molar-refractivity contribution in [3.05, 3.63) is 23.4 Å². The lowest BCUT2D eigenvalue weighted by Crippen LogP contribution is -2.33. The third-order valence-electron chi connectivity index (χ3n) is 3.62. The van der Waals surface area contributed by atoms with Gasteiger partial charge in [0.1, 0.15) is 11.3 Å².